The van der Waals surface area contributed by atoms with E-state index < -0.39 is 6.10 Å². The number of benzene rings is 1. The first-order valence-corrected chi connectivity index (χ1v) is 6.95. The lowest BCUT2D eigenvalue weighted by molar-refractivity contribution is 0.153. The average molecular weight is 274 g/mol. The van der Waals surface area contributed by atoms with Gasteiger partial charge in [0.05, 0.1) is 12.6 Å². The van der Waals surface area contributed by atoms with Crippen LogP contribution in [0.4, 0.5) is 0 Å². The van der Waals surface area contributed by atoms with Gasteiger partial charge >= 0.3 is 5.69 Å². The van der Waals surface area contributed by atoms with Gasteiger partial charge < -0.3 is 5.11 Å². The van der Waals surface area contributed by atoms with Crippen LogP contribution in [-0.2, 0) is 13.1 Å². The van der Waals surface area contributed by atoms with Crippen LogP contribution in [0.25, 0.3) is 0 Å². The van der Waals surface area contributed by atoms with Gasteiger partial charge in [0.2, 0.25) is 0 Å². The monoisotopic (exact) mass is 274 g/mol. The van der Waals surface area contributed by atoms with Gasteiger partial charge in [0.15, 0.2) is 0 Å². The highest BCUT2D eigenvalue weighted by Crippen LogP contribution is 2.24. The van der Waals surface area contributed by atoms with E-state index >= 15 is 0 Å². The Morgan fingerprint density at radius 2 is 1.65 bits per heavy atom. The highest BCUT2D eigenvalue weighted by atomic mass is 16.3. The van der Waals surface area contributed by atoms with Crippen LogP contribution in [0.5, 0.6) is 0 Å². The van der Waals surface area contributed by atoms with Gasteiger partial charge in [-0.05, 0) is 44.4 Å². The second-order valence-corrected chi connectivity index (χ2v) is 5.35. The zero-order chi connectivity index (χ0) is 14.9. The van der Waals surface area contributed by atoms with Crippen LogP contribution in [-0.4, -0.2) is 14.2 Å². The molecule has 2 aromatic rings. The summed E-state index contributed by atoms with van der Waals surface area (Å²) in [7, 11) is 0. The highest BCUT2D eigenvalue weighted by molar-refractivity contribution is 5.38. The lowest BCUT2D eigenvalue weighted by Crippen LogP contribution is -2.26. The molecule has 0 spiro atoms. The minimum absolute atomic E-state index is 0.0750. The normalized spacial score (nSPS) is 12.7. The Morgan fingerprint density at radius 1 is 1.10 bits per heavy atom. The van der Waals surface area contributed by atoms with Crippen molar-refractivity contribution >= 4 is 0 Å². The van der Waals surface area contributed by atoms with Crippen molar-refractivity contribution in [2.24, 2.45) is 0 Å². The molecule has 108 valence electrons. The third kappa shape index (κ3) is 2.70. The molecule has 1 heterocycles. The molecular weight excluding hydrogens is 252 g/mol. The molecule has 1 aromatic carbocycles. The Balaban J connectivity index is 2.31. The van der Waals surface area contributed by atoms with Crippen molar-refractivity contribution in [1.29, 1.82) is 0 Å². The van der Waals surface area contributed by atoms with Gasteiger partial charge in [-0.3, -0.25) is 9.13 Å². The predicted octanol–water partition coefficient (Wildman–Crippen LogP) is 2.33. The van der Waals surface area contributed by atoms with Gasteiger partial charge in [0.1, 0.15) is 0 Å². The average Bonchev–Trinajstić information content (AvgIpc) is 2.69. The first-order valence-electron chi connectivity index (χ1n) is 6.95. The molecule has 1 aromatic heterocycles. The first-order chi connectivity index (χ1) is 9.43. The molecule has 2 rings (SSSR count). The van der Waals surface area contributed by atoms with Crippen molar-refractivity contribution in [1.82, 2.24) is 9.13 Å². The number of aliphatic hydroxyl groups is 1. The Hall–Kier alpha value is -1.81. The van der Waals surface area contributed by atoms with Gasteiger partial charge in [-0.25, -0.2) is 4.79 Å². The van der Waals surface area contributed by atoms with Gasteiger partial charge in [-0.2, -0.15) is 0 Å². The van der Waals surface area contributed by atoms with Gasteiger partial charge in [0, 0.05) is 18.9 Å². The summed E-state index contributed by atoms with van der Waals surface area (Å²) in [5.74, 6) is 0. The quantitative estimate of drug-likeness (QED) is 0.930. The Kier molecular flexibility index (Phi) is 4.14. The molecule has 1 unspecified atom stereocenters. The molecule has 0 aliphatic heterocycles. The molecule has 20 heavy (non-hydrogen) atoms. The van der Waals surface area contributed by atoms with Crippen LogP contribution in [0.1, 0.15) is 35.3 Å². The molecule has 0 aliphatic rings. The molecule has 0 amide bonds. The van der Waals surface area contributed by atoms with Crippen LogP contribution < -0.4 is 5.69 Å². The van der Waals surface area contributed by atoms with Gasteiger partial charge in [0.25, 0.3) is 0 Å². The van der Waals surface area contributed by atoms with E-state index in [-0.39, 0.29) is 12.2 Å². The van der Waals surface area contributed by atoms with Crippen molar-refractivity contribution in [2.45, 2.75) is 46.9 Å². The number of rotatable bonds is 4. The van der Waals surface area contributed by atoms with Crippen molar-refractivity contribution in [3.63, 3.8) is 0 Å². The van der Waals surface area contributed by atoms with E-state index in [4.69, 9.17) is 0 Å². The number of aromatic nitrogens is 2. The SMILES string of the molecule is CCn1ccn(CC(O)c2c(C)cc(C)cc2C)c1=O. The topological polar surface area (TPSA) is 47.2 Å². The zero-order valence-electron chi connectivity index (χ0n) is 12.6. The Bertz CT molecular complexity index is 644. The smallest absolute Gasteiger partial charge is 0.328 e. The van der Waals surface area contributed by atoms with Crippen LogP contribution in [0, 0.1) is 20.8 Å². The molecule has 1 N–H and O–H groups in total. The summed E-state index contributed by atoms with van der Waals surface area (Å²) in [5, 5.41) is 10.5. The lowest BCUT2D eigenvalue weighted by atomic mass is 9.95. The maximum Gasteiger partial charge on any atom is 0.328 e. The number of nitrogens with zero attached hydrogens (tertiary/aromatic N) is 2. The highest BCUT2D eigenvalue weighted by Gasteiger charge is 2.15. The zero-order valence-corrected chi connectivity index (χ0v) is 12.6. The summed E-state index contributed by atoms with van der Waals surface area (Å²) >= 11 is 0. The fraction of sp³-hybridized carbons (Fsp3) is 0.438. The van der Waals surface area contributed by atoms with E-state index in [1.807, 2.05) is 27.7 Å². The van der Waals surface area contributed by atoms with Gasteiger partial charge in [-0.15, -0.1) is 0 Å². The van der Waals surface area contributed by atoms with Crippen LogP contribution in [0.3, 0.4) is 0 Å². The molecule has 0 fully saturated rings. The standard InChI is InChI=1S/C16H22N2O2/c1-5-17-6-7-18(16(17)20)10-14(19)15-12(3)8-11(2)9-13(15)4/h6-9,14,19H,5,10H2,1-4H3. The summed E-state index contributed by atoms with van der Waals surface area (Å²) in [6, 6.07) is 4.12. The Labute approximate surface area is 119 Å². The van der Waals surface area contributed by atoms with E-state index in [1.54, 1.807) is 21.5 Å². The molecular formula is C16H22N2O2. The largest absolute Gasteiger partial charge is 0.387 e. The third-order valence-corrected chi connectivity index (χ3v) is 3.70. The molecule has 0 saturated heterocycles. The van der Waals surface area contributed by atoms with E-state index in [1.165, 1.54) is 5.56 Å². The fourth-order valence-electron chi connectivity index (χ4n) is 2.83. The summed E-state index contributed by atoms with van der Waals surface area (Å²) in [4.78, 5) is 12.0. The summed E-state index contributed by atoms with van der Waals surface area (Å²) in [5.41, 5.74) is 4.17. The minimum atomic E-state index is -0.666. The molecule has 0 aliphatic carbocycles. The van der Waals surface area contributed by atoms with Gasteiger partial charge in [-0.1, -0.05) is 17.7 Å². The van der Waals surface area contributed by atoms with Crippen molar-refractivity contribution in [2.75, 3.05) is 0 Å². The predicted molar refractivity (Wildman–Crippen MR) is 80.0 cm³/mol. The maximum absolute atomic E-state index is 12.0. The van der Waals surface area contributed by atoms with Crippen molar-refractivity contribution < 1.29 is 5.11 Å². The molecule has 1 atom stereocenters. The number of aryl methyl sites for hydroxylation is 4. The second kappa shape index (κ2) is 5.67. The van der Waals surface area contributed by atoms with E-state index in [0.29, 0.717) is 6.54 Å². The number of imidazole rings is 1. The molecule has 4 heteroatoms. The van der Waals surface area contributed by atoms with Crippen LogP contribution >= 0.6 is 0 Å². The fourth-order valence-corrected chi connectivity index (χ4v) is 2.83. The summed E-state index contributed by atoms with van der Waals surface area (Å²) in [6.45, 7) is 8.90. The minimum Gasteiger partial charge on any atom is -0.387 e. The van der Waals surface area contributed by atoms with E-state index in [9.17, 15) is 9.90 Å². The second-order valence-electron chi connectivity index (χ2n) is 5.35. The molecule has 0 radical (unpaired) electrons. The van der Waals surface area contributed by atoms with Crippen molar-refractivity contribution in [3.05, 3.63) is 57.3 Å². The number of hydrogen-bond acceptors (Lipinski definition) is 2. The molecule has 0 saturated carbocycles. The number of aliphatic hydroxyl groups excluding tert-OH is 1. The van der Waals surface area contributed by atoms with E-state index in [0.717, 1.165) is 16.7 Å². The molecule has 0 bridgehead atoms. The molecule has 4 nitrogen and oxygen atoms in total. The summed E-state index contributed by atoms with van der Waals surface area (Å²) < 4.78 is 3.19. The van der Waals surface area contributed by atoms with Crippen molar-refractivity contribution in [3.8, 4) is 0 Å². The number of hydrogen-bond donors (Lipinski definition) is 1. The van der Waals surface area contributed by atoms with Crippen LogP contribution in [0.2, 0.25) is 0 Å². The lowest BCUT2D eigenvalue weighted by Gasteiger charge is -2.17. The first kappa shape index (κ1) is 14.6. The third-order valence-electron chi connectivity index (χ3n) is 3.70. The summed E-state index contributed by atoms with van der Waals surface area (Å²) in [6.07, 6.45) is 2.82. The van der Waals surface area contributed by atoms with E-state index in [2.05, 4.69) is 12.1 Å². The Morgan fingerprint density at radius 3 is 2.15 bits per heavy atom. The maximum atomic E-state index is 12.0. The van der Waals surface area contributed by atoms with Crippen LogP contribution in [0.15, 0.2) is 29.3 Å².